The molecule has 0 atom stereocenters. The van der Waals surface area contributed by atoms with Gasteiger partial charge in [-0.15, -0.1) is 0 Å². The van der Waals surface area contributed by atoms with Gasteiger partial charge in [-0.1, -0.05) is 43.0 Å². The second-order valence-corrected chi connectivity index (χ2v) is 11.9. The minimum absolute atomic E-state index is 0.0176. The predicted octanol–water partition coefficient (Wildman–Crippen LogP) is 4.38. The lowest BCUT2D eigenvalue weighted by Gasteiger charge is -2.53. The highest BCUT2D eigenvalue weighted by Gasteiger charge is 2.52. The van der Waals surface area contributed by atoms with Gasteiger partial charge in [-0.25, -0.2) is 13.2 Å². The predicted molar refractivity (Wildman–Crippen MR) is 136 cm³/mol. The summed E-state index contributed by atoms with van der Waals surface area (Å²) in [7, 11) is -4.01. The molecule has 3 rings (SSSR count). The van der Waals surface area contributed by atoms with E-state index in [4.69, 9.17) is 0 Å². The molecule has 0 unspecified atom stereocenters. The van der Waals surface area contributed by atoms with E-state index < -0.39 is 27.2 Å². The first-order valence-corrected chi connectivity index (χ1v) is 12.8. The number of hydrogen-bond acceptors (Lipinski definition) is 4. The van der Waals surface area contributed by atoms with Gasteiger partial charge in [0.25, 0.3) is 0 Å². The summed E-state index contributed by atoms with van der Waals surface area (Å²) < 4.78 is 29.4. The third-order valence-corrected chi connectivity index (χ3v) is 8.52. The van der Waals surface area contributed by atoms with Gasteiger partial charge in [0, 0.05) is 22.8 Å². The fourth-order valence-corrected chi connectivity index (χ4v) is 7.41. The van der Waals surface area contributed by atoms with Gasteiger partial charge in [0.2, 0.25) is 15.9 Å². The molecule has 9 heteroatoms. The largest absolute Gasteiger partial charge is 0.465 e. The van der Waals surface area contributed by atoms with E-state index in [0.717, 1.165) is 10.5 Å². The Labute approximate surface area is 207 Å². The molecule has 35 heavy (non-hydrogen) atoms. The molecule has 2 amide bonds. The maximum atomic E-state index is 14.0. The Morgan fingerprint density at radius 3 is 2.23 bits per heavy atom. The fraction of sp³-hybridized carbons (Fsp3) is 0.385. The molecule has 2 aromatic rings. The minimum atomic E-state index is -4.01. The van der Waals surface area contributed by atoms with Crippen molar-refractivity contribution in [3.05, 3.63) is 72.8 Å². The number of carbonyl (C=O) groups is 2. The van der Waals surface area contributed by atoms with E-state index >= 15 is 0 Å². The Kier molecular flexibility index (Phi) is 7.42. The Bertz CT molecular complexity index is 1190. The summed E-state index contributed by atoms with van der Waals surface area (Å²) in [5, 5.41) is 12.7. The van der Waals surface area contributed by atoms with Gasteiger partial charge < -0.3 is 10.4 Å². The SMILES string of the molecule is C=CC(=O)NC1CC(C)(C)N(S(=O)(=O)c2cccc(N(Cc3ccccc3)C(=O)O)c2)C(C)(C)C1. The quantitative estimate of drug-likeness (QED) is 0.550. The number of sulfonamides is 1. The molecule has 188 valence electrons. The number of nitrogens with one attached hydrogen (secondary N) is 1. The van der Waals surface area contributed by atoms with Crippen LogP contribution in [0.5, 0.6) is 0 Å². The van der Waals surface area contributed by atoms with E-state index in [-0.39, 0.29) is 29.1 Å². The summed E-state index contributed by atoms with van der Waals surface area (Å²) in [6, 6.07) is 14.9. The van der Waals surface area contributed by atoms with E-state index in [2.05, 4.69) is 11.9 Å². The van der Waals surface area contributed by atoms with Gasteiger partial charge in [-0.3, -0.25) is 9.69 Å². The summed E-state index contributed by atoms with van der Waals surface area (Å²) in [5.74, 6) is -0.294. The van der Waals surface area contributed by atoms with Crippen LogP contribution in [0.4, 0.5) is 10.5 Å². The molecule has 8 nitrogen and oxygen atoms in total. The molecule has 0 radical (unpaired) electrons. The standard InChI is InChI=1S/C26H33N3O5S/c1-6-23(30)27-20-16-25(2,3)29(26(4,5)17-20)35(33,34)22-14-10-13-21(15-22)28(24(31)32)18-19-11-8-7-9-12-19/h6-15,20H,1,16-18H2,2-5H3,(H,27,30)(H,31,32). The summed E-state index contributed by atoms with van der Waals surface area (Å²) >= 11 is 0. The van der Waals surface area contributed by atoms with Crippen LogP contribution in [-0.4, -0.2) is 46.9 Å². The van der Waals surface area contributed by atoms with Gasteiger partial charge in [-0.05, 0) is 70.4 Å². The van der Waals surface area contributed by atoms with Crippen LogP contribution >= 0.6 is 0 Å². The van der Waals surface area contributed by atoms with E-state index in [1.165, 1.54) is 22.5 Å². The number of carboxylic acid groups (broad SMARTS) is 1. The van der Waals surface area contributed by atoms with Crippen molar-refractivity contribution in [3.8, 4) is 0 Å². The summed E-state index contributed by atoms with van der Waals surface area (Å²) in [6.07, 6.45) is 0.870. The Morgan fingerprint density at radius 1 is 1.09 bits per heavy atom. The summed E-state index contributed by atoms with van der Waals surface area (Å²) in [4.78, 5) is 25.1. The summed E-state index contributed by atoms with van der Waals surface area (Å²) in [5.41, 5.74) is -0.571. The van der Waals surface area contributed by atoms with E-state index in [1.54, 1.807) is 12.1 Å². The van der Waals surface area contributed by atoms with Crippen LogP contribution in [0.25, 0.3) is 0 Å². The number of piperidine rings is 1. The highest BCUT2D eigenvalue weighted by molar-refractivity contribution is 7.89. The maximum absolute atomic E-state index is 14.0. The van der Waals surface area contributed by atoms with Crippen molar-refractivity contribution in [2.24, 2.45) is 0 Å². The molecule has 0 bridgehead atoms. The zero-order valence-electron chi connectivity index (χ0n) is 20.6. The van der Waals surface area contributed by atoms with Crippen LogP contribution in [0, 0.1) is 0 Å². The van der Waals surface area contributed by atoms with Crippen LogP contribution in [0.15, 0.2) is 72.1 Å². The molecule has 2 aromatic carbocycles. The van der Waals surface area contributed by atoms with Crippen LogP contribution in [0.1, 0.15) is 46.1 Å². The molecule has 1 fully saturated rings. The number of amides is 2. The highest BCUT2D eigenvalue weighted by atomic mass is 32.2. The first-order chi connectivity index (χ1) is 16.3. The van der Waals surface area contributed by atoms with Crippen molar-refractivity contribution < 1.29 is 23.1 Å². The second-order valence-electron chi connectivity index (χ2n) is 10.1. The lowest BCUT2D eigenvalue weighted by molar-refractivity contribution is -0.118. The van der Waals surface area contributed by atoms with E-state index in [1.807, 2.05) is 58.0 Å². The van der Waals surface area contributed by atoms with Crippen LogP contribution in [0.3, 0.4) is 0 Å². The third kappa shape index (κ3) is 5.74. The van der Waals surface area contributed by atoms with E-state index in [9.17, 15) is 23.1 Å². The number of hydrogen-bond donors (Lipinski definition) is 2. The molecule has 0 saturated carbocycles. The third-order valence-electron chi connectivity index (χ3n) is 6.21. The van der Waals surface area contributed by atoms with Crippen molar-refractivity contribution >= 4 is 27.7 Å². The monoisotopic (exact) mass is 499 g/mol. The molecule has 1 aliphatic rings. The lowest BCUT2D eigenvalue weighted by Crippen LogP contribution is -2.65. The van der Waals surface area contributed by atoms with Crippen molar-refractivity contribution in [2.45, 2.75) is 69.1 Å². The average Bonchev–Trinajstić information content (AvgIpc) is 2.76. The van der Waals surface area contributed by atoms with Gasteiger partial charge in [0.05, 0.1) is 11.4 Å². The zero-order valence-corrected chi connectivity index (χ0v) is 21.4. The molecule has 0 aromatic heterocycles. The maximum Gasteiger partial charge on any atom is 0.412 e. The Balaban J connectivity index is 1.97. The second kappa shape index (κ2) is 9.83. The van der Waals surface area contributed by atoms with Gasteiger partial charge in [0.15, 0.2) is 0 Å². The number of anilines is 1. The van der Waals surface area contributed by atoms with Crippen LogP contribution in [-0.2, 0) is 21.4 Å². The lowest BCUT2D eigenvalue weighted by atomic mass is 9.79. The zero-order chi connectivity index (χ0) is 26.0. The topological polar surface area (TPSA) is 107 Å². The molecular weight excluding hydrogens is 466 g/mol. The molecule has 1 aliphatic heterocycles. The normalized spacial score (nSPS) is 17.9. The molecular formula is C26H33N3O5S. The van der Waals surface area contributed by atoms with Crippen molar-refractivity contribution in [3.63, 3.8) is 0 Å². The highest BCUT2D eigenvalue weighted by Crippen LogP contribution is 2.43. The van der Waals surface area contributed by atoms with Gasteiger partial charge in [-0.2, -0.15) is 4.31 Å². The van der Waals surface area contributed by atoms with Crippen molar-refractivity contribution in [1.82, 2.24) is 9.62 Å². The van der Waals surface area contributed by atoms with Crippen molar-refractivity contribution in [2.75, 3.05) is 4.90 Å². The molecule has 1 saturated heterocycles. The molecule has 1 heterocycles. The number of carbonyl (C=O) groups excluding carboxylic acids is 1. The minimum Gasteiger partial charge on any atom is -0.465 e. The number of benzene rings is 2. The molecule has 2 N–H and O–H groups in total. The smallest absolute Gasteiger partial charge is 0.412 e. The summed E-state index contributed by atoms with van der Waals surface area (Å²) in [6.45, 7) is 10.9. The molecule has 0 aliphatic carbocycles. The van der Waals surface area contributed by atoms with Crippen LogP contribution in [0.2, 0.25) is 0 Å². The first kappa shape index (κ1) is 26.4. The van der Waals surface area contributed by atoms with Gasteiger partial charge >= 0.3 is 6.09 Å². The number of rotatable bonds is 7. The Morgan fingerprint density at radius 2 is 1.69 bits per heavy atom. The van der Waals surface area contributed by atoms with E-state index in [0.29, 0.717) is 12.8 Å². The first-order valence-electron chi connectivity index (χ1n) is 11.4. The average molecular weight is 500 g/mol. The van der Waals surface area contributed by atoms with Crippen molar-refractivity contribution in [1.29, 1.82) is 0 Å². The fourth-order valence-electron chi connectivity index (χ4n) is 5.23. The van der Waals surface area contributed by atoms with Crippen LogP contribution < -0.4 is 10.2 Å². The number of nitrogens with zero attached hydrogens (tertiary/aromatic N) is 2. The Hall–Kier alpha value is -3.17. The van der Waals surface area contributed by atoms with Gasteiger partial charge in [0.1, 0.15) is 0 Å². The molecule has 0 spiro atoms.